The molecule has 6 heteroatoms. The highest BCUT2D eigenvalue weighted by Crippen LogP contribution is 2.26. The van der Waals surface area contributed by atoms with Crippen LogP contribution in [0.25, 0.3) is 6.08 Å². The maximum absolute atomic E-state index is 11.2. The van der Waals surface area contributed by atoms with Crippen LogP contribution in [0.5, 0.6) is 0 Å². The molecule has 2 N–H and O–H groups in total. The molecule has 0 aliphatic carbocycles. The highest BCUT2D eigenvalue weighted by molar-refractivity contribution is 6.42. The molecule has 4 nitrogen and oxygen atoms in total. The van der Waals surface area contributed by atoms with Gasteiger partial charge in [0.05, 0.1) is 10.0 Å². The zero-order chi connectivity index (χ0) is 12.8. The van der Waals surface area contributed by atoms with E-state index in [1.54, 1.807) is 18.2 Å². The fraction of sp³-hybridized carbons (Fsp3) is 0.0909. The molecule has 0 saturated heterocycles. The van der Waals surface area contributed by atoms with Gasteiger partial charge in [0.1, 0.15) is 0 Å². The summed E-state index contributed by atoms with van der Waals surface area (Å²) in [5, 5.41) is 0.786. The van der Waals surface area contributed by atoms with Crippen molar-refractivity contribution in [1.29, 1.82) is 0 Å². The van der Waals surface area contributed by atoms with Crippen LogP contribution in [-0.2, 0) is 9.59 Å². The van der Waals surface area contributed by atoms with Crippen LogP contribution in [0, 0.1) is 0 Å². The summed E-state index contributed by atoms with van der Waals surface area (Å²) in [7, 11) is 0. The van der Waals surface area contributed by atoms with E-state index in [4.69, 9.17) is 23.2 Å². The van der Waals surface area contributed by atoms with E-state index in [1.807, 2.05) is 0 Å². The average Bonchev–Trinajstić information content (AvgIpc) is 2.28. The summed E-state index contributed by atoms with van der Waals surface area (Å²) in [6.45, 7) is 1.29. The SMILES string of the molecule is CC(=O)NNC(=O)/C=C/c1cccc(Cl)c1Cl. The minimum atomic E-state index is -0.462. The van der Waals surface area contributed by atoms with E-state index in [1.165, 1.54) is 19.1 Å². The molecule has 0 saturated carbocycles. The maximum Gasteiger partial charge on any atom is 0.262 e. The number of nitrogens with one attached hydrogen (secondary N) is 2. The third-order valence-corrected chi connectivity index (χ3v) is 2.59. The minimum absolute atomic E-state index is 0.354. The lowest BCUT2D eigenvalue weighted by Crippen LogP contribution is -2.39. The first kappa shape index (κ1) is 13.5. The Labute approximate surface area is 109 Å². The van der Waals surface area contributed by atoms with Crippen molar-refractivity contribution < 1.29 is 9.59 Å². The monoisotopic (exact) mass is 272 g/mol. The summed E-state index contributed by atoms with van der Waals surface area (Å²) >= 11 is 11.7. The molecule has 0 fully saturated rings. The van der Waals surface area contributed by atoms with Crippen molar-refractivity contribution in [3.63, 3.8) is 0 Å². The number of rotatable bonds is 2. The second-order valence-electron chi connectivity index (χ2n) is 3.15. The lowest BCUT2D eigenvalue weighted by Gasteiger charge is -2.02. The van der Waals surface area contributed by atoms with Crippen molar-refractivity contribution in [2.45, 2.75) is 6.92 Å². The fourth-order valence-corrected chi connectivity index (χ4v) is 1.38. The van der Waals surface area contributed by atoms with Gasteiger partial charge in [0.25, 0.3) is 5.91 Å². The molecule has 90 valence electrons. The second kappa shape index (κ2) is 6.27. The maximum atomic E-state index is 11.2. The Morgan fingerprint density at radius 2 is 1.94 bits per heavy atom. The topological polar surface area (TPSA) is 58.2 Å². The van der Waals surface area contributed by atoms with Crippen LogP contribution in [-0.4, -0.2) is 11.8 Å². The summed E-state index contributed by atoms with van der Waals surface area (Å²) in [6, 6.07) is 5.09. The van der Waals surface area contributed by atoms with Gasteiger partial charge in [0, 0.05) is 13.0 Å². The average molecular weight is 273 g/mol. The van der Waals surface area contributed by atoms with Crippen molar-refractivity contribution in [2.24, 2.45) is 0 Å². The number of hydrazine groups is 1. The largest absolute Gasteiger partial charge is 0.274 e. The van der Waals surface area contributed by atoms with Crippen molar-refractivity contribution in [3.8, 4) is 0 Å². The molecule has 0 bridgehead atoms. The van der Waals surface area contributed by atoms with E-state index in [2.05, 4.69) is 10.9 Å². The summed E-state index contributed by atoms with van der Waals surface area (Å²) in [6.07, 6.45) is 2.75. The van der Waals surface area contributed by atoms with E-state index in [0.717, 1.165) is 0 Å². The molecule has 0 unspecified atom stereocenters. The third-order valence-electron chi connectivity index (χ3n) is 1.76. The van der Waals surface area contributed by atoms with E-state index in [-0.39, 0.29) is 5.91 Å². The highest BCUT2D eigenvalue weighted by Gasteiger charge is 2.01. The molecule has 2 amide bonds. The van der Waals surface area contributed by atoms with Gasteiger partial charge in [-0.05, 0) is 17.7 Å². The van der Waals surface area contributed by atoms with Crippen molar-refractivity contribution >= 4 is 41.1 Å². The predicted octanol–water partition coefficient (Wildman–Crippen LogP) is 2.17. The first-order valence-electron chi connectivity index (χ1n) is 4.69. The lowest BCUT2D eigenvalue weighted by atomic mass is 10.2. The molecule has 1 aromatic rings. The Morgan fingerprint density at radius 3 is 2.59 bits per heavy atom. The first-order chi connectivity index (χ1) is 8.00. The molecule has 0 heterocycles. The number of carbonyl (C=O) groups excluding carboxylic acids is 2. The van der Waals surface area contributed by atoms with Crippen molar-refractivity contribution in [1.82, 2.24) is 10.9 Å². The van der Waals surface area contributed by atoms with Crippen LogP contribution in [0.4, 0.5) is 0 Å². The Balaban J connectivity index is 2.67. The Kier molecular flexibility index (Phi) is 5.00. The lowest BCUT2D eigenvalue weighted by molar-refractivity contribution is -0.125. The zero-order valence-corrected chi connectivity index (χ0v) is 10.5. The molecule has 17 heavy (non-hydrogen) atoms. The molecule has 1 aromatic carbocycles. The molecule has 0 aliphatic heterocycles. The van der Waals surface area contributed by atoms with E-state index < -0.39 is 5.91 Å². The van der Waals surface area contributed by atoms with Crippen LogP contribution in [0.2, 0.25) is 10.0 Å². The smallest absolute Gasteiger partial charge is 0.262 e. The van der Waals surface area contributed by atoms with E-state index in [9.17, 15) is 9.59 Å². The van der Waals surface area contributed by atoms with Crippen molar-refractivity contribution in [3.05, 3.63) is 39.9 Å². The second-order valence-corrected chi connectivity index (χ2v) is 3.93. The highest BCUT2D eigenvalue weighted by atomic mass is 35.5. The minimum Gasteiger partial charge on any atom is -0.274 e. The van der Waals surface area contributed by atoms with E-state index >= 15 is 0 Å². The van der Waals surface area contributed by atoms with Gasteiger partial charge in [0.15, 0.2) is 0 Å². The van der Waals surface area contributed by atoms with Gasteiger partial charge < -0.3 is 0 Å². The number of benzene rings is 1. The Bertz CT molecular complexity index is 473. The molecule has 0 aliphatic rings. The Morgan fingerprint density at radius 1 is 1.24 bits per heavy atom. The molecular formula is C11H10Cl2N2O2. The molecular weight excluding hydrogens is 263 g/mol. The fourth-order valence-electron chi connectivity index (χ4n) is 1.01. The Hall–Kier alpha value is -1.52. The number of hydrogen-bond acceptors (Lipinski definition) is 2. The number of carbonyl (C=O) groups is 2. The van der Waals surface area contributed by atoms with E-state index in [0.29, 0.717) is 15.6 Å². The van der Waals surface area contributed by atoms with Crippen LogP contribution in [0.3, 0.4) is 0 Å². The van der Waals surface area contributed by atoms with Crippen molar-refractivity contribution in [2.75, 3.05) is 0 Å². The van der Waals surface area contributed by atoms with Gasteiger partial charge in [-0.25, -0.2) is 0 Å². The van der Waals surface area contributed by atoms with Gasteiger partial charge in [-0.15, -0.1) is 0 Å². The normalized spacial score (nSPS) is 10.3. The van der Waals surface area contributed by atoms with Gasteiger partial charge >= 0.3 is 0 Å². The molecule has 0 spiro atoms. The number of amides is 2. The third kappa shape index (κ3) is 4.46. The standard InChI is InChI=1S/C11H10Cl2N2O2/c1-7(16)14-15-10(17)6-5-8-3-2-4-9(12)11(8)13/h2-6H,1H3,(H,14,16)(H,15,17)/b6-5+. The quantitative estimate of drug-likeness (QED) is 0.641. The van der Waals surface area contributed by atoms with Crippen LogP contribution >= 0.6 is 23.2 Å². The molecule has 0 atom stereocenters. The van der Waals surface area contributed by atoms with Crippen LogP contribution in [0.1, 0.15) is 12.5 Å². The van der Waals surface area contributed by atoms with Crippen LogP contribution in [0.15, 0.2) is 24.3 Å². The van der Waals surface area contributed by atoms with Gasteiger partial charge in [-0.1, -0.05) is 35.3 Å². The molecule has 1 rings (SSSR count). The summed E-state index contributed by atoms with van der Waals surface area (Å²) < 4.78 is 0. The summed E-state index contributed by atoms with van der Waals surface area (Å²) in [4.78, 5) is 21.8. The predicted molar refractivity (Wildman–Crippen MR) is 67.5 cm³/mol. The molecule has 0 radical (unpaired) electrons. The zero-order valence-electron chi connectivity index (χ0n) is 8.96. The number of hydrogen-bond donors (Lipinski definition) is 2. The van der Waals surface area contributed by atoms with Crippen LogP contribution < -0.4 is 10.9 Å². The van der Waals surface area contributed by atoms with Gasteiger partial charge in [-0.2, -0.15) is 0 Å². The van der Waals surface area contributed by atoms with Gasteiger partial charge in [-0.3, -0.25) is 20.4 Å². The summed E-state index contributed by atoms with van der Waals surface area (Å²) in [5.41, 5.74) is 4.97. The number of halogens is 2. The molecule has 0 aromatic heterocycles. The first-order valence-corrected chi connectivity index (χ1v) is 5.45. The summed E-state index contributed by atoms with van der Waals surface area (Å²) in [5.74, 6) is -0.816. The van der Waals surface area contributed by atoms with Gasteiger partial charge in [0.2, 0.25) is 5.91 Å².